The van der Waals surface area contributed by atoms with E-state index in [1.54, 1.807) is 6.07 Å². The Labute approximate surface area is 117 Å². The second-order valence-electron chi connectivity index (χ2n) is 4.45. The number of aromatic hydroxyl groups is 1. The summed E-state index contributed by atoms with van der Waals surface area (Å²) in [6.45, 7) is 1.95. The van der Waals surface area contributed by atoms with Crippen LogP contribution in [0, 0.1) is 6.92 Å². The summed E-state index contributed by atoms with van der Waals surface area (Å²) >= 11 is 1.53. The van der Waals surface area contributed by atoms with Gasteiger partial charge in [0.2, 0.25) is 0 Å². The van der Waals surface area contributed by atoms with Gasteiger partial charge in [-0.05, 0) is 25.1 Å². The summed E-state index contributed by atoms with van der Waals surface area (Å²) in [7, 11) is 0. The zero-order chi connectivity index (χ0) is 13.7. The van der Waals surface area contributed by atoms with Crippen LogP contribution in [-0.2, 0) is 11.2 Å². The number of carbonyl (C=O) groups excluding carboxylic acids is 1. The van der Waals surface area contributed by atoms with Crippen LogP contribution >= 0.6 is 11.8 Å². The van der Waals surface area contributed by atoms with Gasteiger partial charge in [0.15, 0.2) is 0 Å². The number of rotatable bonds is 5. The summed E-state index contributed by atoms with van der Waals surface area (Å²) in [6.07, 6.45) is 0.285. The van der Waals surface area contributed by atoms with Crippen molar-refractivity contribution in [2.24, 2.45) is 0 Å². The number of Topliss-reactive ketones (excluding diaryl/α,β-unsaturated/α-hetero) is 1. The lowest BCUT2D eigenvalue weighted by atomic mass is 10.1. The smallest absolute Gasteiger partial charge is 0.147 e. The van der Waals surface area contributed by atoms with Crippen LogP contribution in [0.15, 0.2) is 53.4 Å². The van der Waals surface area contributed by atoms with Crippen molar-refractivity contribution in [3.63, 3.8) is 0 Å². The molecule has 2 aromatic carbocycles. The molecule has 0 aromatic heterocycles. The van der Waals surface area contributed by atoms with E-state index in [-0.39, 0.29) is 18.0 Å². The summed E-state index contributed by atoms with van der Waals surface area (Å²) in [6, 6.07) is 15.2. The number of benzene rings is 2. The fraction of sp³-hybridized carbons (Fsp3) is 0.188. The number of hydrogen-bond donors (Lipinski definition) is 1. The van der Waals surface area contributed by atoms with Crippen molar-refractivity contribution in [3.8, 4) is 5.75 Å². The van der Waals surface area contributed by atoms with E-state index in [2.05, 4.69) is 0 Å². The molecule has 0 spiro atoms. The molecule has 2 nitrogen and oxygen atoms in total. The predicted molar refractivity (Wildman–Crippen MR) is 78.7 cm³/mol. The SMILES string of the molecule is Cc1ccc(O)c(CC(=O)CSc2ccccc2)c1. The molecule has 19 heavy (non-hydrogen) atoms. The molecule has 0 heterocycles. The maximum Gasteiger partial charge on any atom is 0.147 e. The van der Waals surface area contributed by atoms with E-state index in [1.807, 2.05) is 49.4 Å². The Balaban J connectivity index is 1.93. The van der Waals surface area contributed by atoms with Gasteiger partial charge in [0.25, 0.3) is 0 Å². The number of hydrogen-bond acceptors (Lipinski definition) is 3. The fourth-order valence-electron chi connectivity index (χ4n) is 1.80. The maximum atomic E-state index is 11.9. The predicted octanol–water partition coefficient (Wildman–Crippen LogP) is 3.60. The molecule has 0 unspecified atom stereocenters. The average Bonchev–Trinajstić information content (AvgIpc) is 2.42. The van der Waals surface area contributed by atoms with E-state index in [1.165, 1.54) is 11.8 Å². The molecule has 0 aliphatic rings. The van der Waals surface area contributed by atoms with Gasteiger partial charge in [-0.1, -0.05) is 35.9 Å². The van der Waals surface area contributed by atoms with Crippen LogP contribution in [-0.4, -0.2) is 16.6 Å². The molecule has 1 N–H and O–H groups in total. The Morgan fingerprint density at radius 2 is 1.89 bits per heavy atom. The van der Waals surface area contributed by atoms with Crippen molar-refractivity contribution in [1.82, 2.24) is 0 Å². The second-order valence-corrected chi connectivity index (χ2v) is 5.50. The minimum absolute atomic E-state index is 0.120. The van der Waals surface area contributed by atoms with Gasteiger partial charge in [0.1, 0.15) is 11.5 Å². The summed E-state index contributed by atoms with van der Waals surface area (Å²) < 4.78 is 0. The molecule has 0 aliphatic heterocycles. The lowest BCUT2D eigenvalue weighted by molar-refractivity contribution is -0.116. The number of ketones is 1. The maximum absolute atomic E-state index is 11.9. The number of aryl methyl sites for hydroxylation is 1. The van der Waals surface area contributed by atoms with Gasteiger partial charge in [0, 0.05) is 16.9 Å². The first-order valence-electron chi connectivity index (χ1n) is 6.13. The van der Waals surface area contributed by atoms with Crippen LogP contribution in [0.1, 0.15) is 11.1 Å². The molecule has 2 aromatic rings. The highest BCUT2D eigenvalue weighted by molar-refractivity contribution is 8.00. The number of phenolic OH excluding ortho intramolecular Hbond substituents is 1. The Morgan fingerprint density at radius 3 is 2.63 bits per heavy atom. The van der Waals surface area contributed by atoms with Crippen molar-refractivity contribution in [3.05, 3.63) is 59.7 Å². The van der Waals surface area contributed by atoms with Crippen LogP contribution in [0.5, 0.6) is 5.75 Å². The van der Waals surface area contributed by atoms with Gasteiger partial charge in [-0.2, -0.15) is 0 Å². The normalized spacial score (nSPS) is 10.4. The first-order chi connectivity index (χ1) is 9.15. The molecular weight excluding hydrogens is 256 g/mol. The van der Waals surface area contributed by atoms with Gasteiger partial charge in [-0.25, -0.2) is 0 Å². The summed E-state index contributed by atoms with van der Waals surface area (Å²) in [4.78, 5) is 13.0. The number of thioether (sulfide) groups is 1. The molecule has 0 atom stereocenters. The highest BCUT2D eigenvalue weighted by Gasteiger charge is 2.08. The second kappa shape index (κ2) is 6.43. The van der Waals surface area contributed by atoms with Crippen LogP contribution in [0.4, 0.5) is 0 Å². The van der Waals surface area contributed by atoms with E-state index in [0.717, 1.165) is 10.5 Å². The average molecular weight is 272 g/mol. The van der Waals surface area contributed by atoms with E-state index < -0.39 is 0 Å². The summed E-state index contributed by atoms with van der Waals surface area (Å²) in [5.74, 6) is 0.746. The van der Waals surface area contributed by atoms with Gasteiger partial charge in [-0.15, -0.1) is 11.8 Å². The molecule has 3 heteroatoms. The molecule has 0 aliphatic carbocycles. The molecule has 0 saturated heterocycles. The first-order valence-corrected chi connectivity index (χ1v) is 7.12. The van der Waals surface area contributed by atoms with E-state index in [9.17, 15) is 9.90 Å². The van der Waals surface area contributed by atoms with Crippen LogP contribution in [0.3, 0.4) is 0 Å². The largest absolute Gasteiger partial charge is 0.508 e. The lowest BCUT2D eigenvalue weighted by Gasteiger charge is -2.05. The van der Waals surface area contributed by atoms with E-state index in [4.69, 9.17) is 0 Å². The van der Waals surface area contributed by atoms with Crippen molar-refractivity contribution in [2.45, 2.75) is 18.2 Å². The lowest BCUT2D eigenvalue weighted by Crippen LogP contribution is -2.06. The van der Waals surface area contributed by atoms with E-state index >= 15 is 0 Å². The molecule has 0 bridgehead atoms. The first kappa shape index (κ1) is 13.7. The molecule has 0 radical (unpaired) electrons. The standard InChI is InChI=1S/C16H16O2S/c1-12-7-8-16(18)13(9-12)10-14(17)11-19-15-5-3-2-4-6-15/h2-9,18H,10-11H2,1H3. The molecule has 98 valence electrons. The van der Waals surface area contributed by atoms with Crippen molar-refractivity contribution >= 4 is 17.5 Å². The molecular formula is C16H16O2S. The Morgan fingerprint density at radius 1 is 1.16 bits per heavy atom. The number of phenols is 1. The Kier molecular flexibility index (Phi) is 4.63. The number of carbonyl (C=O) groups is 1. The quantitative estimate of drug-likeness (QED) is 0.845. The van der Waals surface area contributed by atoms with Crippen LogP contribution < -0.4 is 0 Å². The third-order valence-electron chi connectivity index (χ3n) is 2.77. The highest BCUT2D eigenvalue weighted by atomic mass is 32.2. The van der Waals surface area contributed by atoms with Gasteiger partial charge in [0.05, 0.1) is 5.75 Å². The van der Waals surface area contributed by atoms with Crippen LogP contribution in [0.25, 0.3) is 0 Å². The molecule has 2 rings (SSSR count). The van der Waals surface area contributed by atoms with E-state index in [0.29, 0.717) is 11.3 Å². The molecule has 0 fully saturated rings. The van der Waals surface area contributed by atoms with Gasteiger partial charge < -0.3 is 5.11 Å². The zero-order valence-corrected chi connectivity index (χ0v) is 11.6. The topological polar surface area (TPSA) is 37.3 Å². The van der Waals surface area contributed by atoms with Crippen molar-refractivity contribution < 1.29 is 9.90 Å². The minimum Gasteiger partial charge on any atom is -0.508 e. The zero-order valence-electron chi connectivity index (χ0n) is 10.8. The van der Waals surface area contributed by atoms with Crippen molar-refractivity contribution in [1.29, 1.82) is 0 Å². The Hall–Kier alpha value is -1.74. The third kappa shape index (κ3) is 4.14. The minimum atomic E-state index is 0.120. The Bertz CT molecular complexity index is 564. The van der Waals surface area contributed by atoms with Crippen molar-refractivity contribution in [2.75, 3.05) is 5.75 Å². The van der Waals surface area contributed by atoms with Gasteiger partial charge >= 0.3 is 0 Å². The summed E-state index contributed by atoms with van der Waals surface area (Å²) in [5.41, 5.74) is 1.76. The summed E-state index contributed by atoms with van der Waals surface area (Å²) in [5, 5.41) is 9.71. The fourth-order valence-corrected chi connectivity index (χ4v) is 2.58. The monoisotopic (exact) mass is 272 g/mol. The highest BCUT2D eigenvalue weighted by Crippen LogP contribution is 2.21. The van der Waals surface area contributed by atoms with Crippen LogP contribution in [0.2, 0.25) is 0 Å². The third-order valence-corrected chi connectivity index (χ3v) is 3.84. The molecule has 0 amide bonds. The van der Waals surface area contributed by atoms with Gasteiger partial charge in [-0.3, -0.25) is 4.79 Å². The molecule has 0 saturated carbocycles.